The molecule has 0 saturated heterocycles. The molecule has 3 rings (SSSR count). The fourth-order valence-electron chi connectivity index (χ4n) is 1.86. The number of rotatable bonds is 3. The number of halogens is 1. The van der Waals surface area contributed by atoms with E-state index in [0.717, 1.165) is 22.2 Å². The molecule has 0 radical (unpaired) electrons. The summed E-state index contributed by atoms with van der Waals surface area (Å²) in [6, 6.07) is 1.91. The highest BCUT2D eigenvalue weighted by Crippen LogP contribution is 2.19. The lowest BCUT2D eigenvalue weighted by atomic mass is 10.4. The Bertz CT molecular complexity index is 672. The summed E-state index contributed by atoms with van der Waals surface area (Å²) in [7, 11) is 0. The van der Waals surface area contributed by atoms with Crippen molar-refractivity contribution in [2.75, 3.05) is 5.73 Å². The Morgan fingerprint density at radius 1 is 1.33 bits per heavy atom. The molecule has 0 amide bonds. The number of aromatic nitrogens is 5. The maximum atomic E-state index is 5.91. The first-order valence-corrected chi connectivity index (χ1v) is 6.26. The summed E-state index contributed by atoms with van der Waals surface area (Å²) in [5.41, 5.74) is 7.51. The van der Waals surface area contributed by atoms with Gasteiger partial charge in [-0.2, -0.15) is 0 Å². The topological polar surface area (TPSA) is 74.5 Å². The van der Waals surface area contributed by atoms with Gasteiger partial charge in [-0.05, 0) is 22.0 Å². The maximum Gasteiger partial charge on any atom is 0.202 e. The van der Waals surface area contributed by atoms with E-state index in [2.05, 4.69) is 30.9 Å². The Balaban J connectivity index is 1.93. The molecule has 0 aliphatic heterocycles. The number of fused-ring (bicyclic) bond motifs is 1. The van der Waals surface area contributed by atoms with E-state index in [1.165, 1.54) is 0 Å². The maximum absolute atomic E-state index is 5.91. The largest absolute Gasteiger partial charge is 0.369 e. The lowest BCUT2D eigenvalue weighted by molar-refractivity contribution is 0.591. The molecule has 0 aliphatic carbocycles. The predicted octanol–water partition coefficient (Wildman–Crippen LogP) is 1.67. The zero-order valence-electron chi connectivity index (χ0n) is 9.49. The van der Waals surface area contributed by atoms with Crippen LogP contribution in [0.25, 0.3) is 11.2 Å². The fraction of sp³-hybridized carbons (Fsp3) is 0.182. The minimum absolute atomic E-state index is 0.482. The van der Waals surface area contributed by atoms with Gasteiger partial charge >= 0.3 is 0 Å². The van der Waals surface area contributed by atoms with Crippen molar-refractivity contribution in [2.45, 2.75) is 13.1 Å². The van der Waals surface area contributed by atoms with Crippen LogP contribution in [-0.2, 0) is 13.1 Å². The second-order valence-electron chi connectivity index (χ2n) is 3.92. The highest BCUT2D eigenvalue weighted by molar-refractivity contribution is 9.10. The molecular weight excluding hydrogens is 296 g/mol. The molecule has 0 unspecified atom stereocenters. The molecule has 3 aromatic rings. The summed E-state index contributed by atoms with van der Waals surface area (Å²) >= 11 is 3.37. The van der Waals surface area contributed by atoms with E-state index in [1.807, 2.05) is 21.4 Å². The van der Waals surface area contributed by atoms with Gasteiger partial charge in [0.15, 0.2) is 5.65 Å². The van der Waals surface area contributed by atoms with Crippen LogP contribution in [-0.4, -0.2) is 24.1 Å². The fourth-order valence-corrected chi connectivity index (χ4v) is 2.18. The molecule has 92 valence electrons. The lowest BCUT2D eigenvalue weighted by Crippen LogP contribution is -2.09. The van der Waals surface area contributed by atoms with Gasteiger partial charge in [0.1, 0.15) is 5.52 Å². The molecule has 7 heteroatoms. The summed E-state index contributed by atoms with van der Waals surface area (Å²) in [6.07, 6.45) is 7.19. The lowest BCUT2D eigenvalue weighted by Gasteiger charge is -2.06. The van der Waals surface area contributed by atoms with Crippen molar-refractivity contribution in [3.05, 3.63) is 35.5 Å². The Morgan fingerprint density at radius 2 is 2.22 bits per heavy atom. The number of imidazole rings is 2. The molecular formula is C11H11BrN6. The molecule has 6 nitrogen and oxygen atoms in total. The van der Waals surface area contributed by atoms with Crippen molar-refractivity contribution in [1.82, 2.24) is 24.1 Å². The molecule has 0 saturated carbocycles. The number of anilines is 1. The van der Waals surface area contributed by atoms with Crippen molar-refractivity contribution in [1.29, 1.82) is 0 Å². The first-order valence-electron chi connectivity index (χ1n) is 5.47. The van der Waals surface area contributed by atoms with Crippen molar-refractivity contribution < 1.29 is 0 Å². The van der Waals surface area contributed by atoms with Crippen LogP contribution in [0.1, 0.15) is 0 Å². The predicted molar refractivity (Wildman–Crippen MR) is 71.9 cm³/mol. The van der Waals surface area contributed by atoms with E-state index in [4.69, 9.17) is 5.73 Å². The quantitative estimate of drug-likeness (QED) is 0.799. The first-order chi connectivity index (χ1) is 8.74. The van der Waals surface area contributed by atoms with E-state index in [1.54, 1.807) is 18.7 Å². The van der Waals surface area contributed by atoms with Crippen LogP contribution in [0.15, 0.2) is 35.5 Å². The van der Waals surface area contributed by atoms with Crippen LogP contribution in [0.2, 0.25) is 0 Å². The molecule has 0 spiro atoms. The van der Waals surface area contributed by atoms with Gasteiger partial charge in [-0.1, -0.05) is 0 Å². The number of nitrogens with zero attached hydrogens (tertiary/aromatic N) is 5. The summed E-state index contributed by atoms with van der Waals surface area (Å²) in [5, 5.41) is 0. The number of aryl methyl sites for hydroxylation is 2. The summed E-state index contributed by atoms with van der Waals surface area (Å²) in [6.45, 7) is 1.50. The van der Waals surface area contributed by atoms with E-state index in [-0.39, 0.29) is 0 Å². The molecule has 3 aromatic heterocycles. The van der Waals surface area contributed by atoms with Crippen molar-refractivity contribution in [2.24, 2.45) is 0 Å². The highest BCUT2D eigenvalue weighted by Gasteiger charge is 2.09. The molecule has 0 bridgehead atoms. The standard InChI is InChI=1S/C11H11BrN6/c12-8-5-9-10(15-6-8)18(11(13)16-9)4-3-17-2-1-14-7-17/h1-2,5-7H,3-4H2,(H2,13,16). The zero-order chi connectivity index (χ0) is 12.5. The highest BCUT2D eigenvalue weighted by atomic mass is 79.9. The second kappa shape index (κ2) is 4.41. The van der Waals surface area contributed by atoms with Crippen LogP contribution in [0.3, 0.4) is 0 Å². The van der Waals surface area contributed by atoms with Gasteiger partial charge in [0.05, 0.1) is 6.33 Å². The Morgan fingerprint density at radius 3 is 3.00 bits per heavy atom. The van der Waals surface area contributed by atoms with Crippen molar-refractivity contribution in [3.63, 3.8) is 0 Å². The van der Waals surface area contributed by atoms with Crippen LogP contribution in [0.5, 0.6) is 0 Å². The van der Waals surface area contributed by atoms with Crippen LogP contribution in [0, 0.1) is 0 Å². The van der Waals surface area contributed by atoms with E-state index >= 15 is 0 Å². The summed E-state index contributed by atoms with van der Waals surface area (Å²) < 4.78 is 4.79. The van der Waals surface area contributed by atoms with Gasteiger partial charge < -0.3 is 10.3 Å². The van der Waals surface area contributed by atoms with Gasteiger partial charge in [0.2, 0.25) is 5.95 Å². The molecule has 18 heavy (non-hydrogen) atoms. The number of hydrogen-bond donors (Lipinski definition) is 1. The molecule has 3 heterocycles. The molecule has 2 N–H and O–H groups in total. The van der Waals surface area contributed by atoms with E-state index < -0.39 is 0 Å². The number of pyridine rings is 1. The van der Waals surface area contributed by atoms with Crippen molar-refractivity contribution >= 4 is 33.0 Å². The van der Waals surface area contributed by atoms with Gasteiger partial charge in [-0.15, -0.1) is 0 Å². The minimum atomic E-state index is 0.482. The number of nitrogens with two attached hydrogens (primary N) is 1. The Kier molecular flexibility index (Phi) is 2.75. The molecule has 0 aliphatic rings. The SMILES string of the molecule is Nc1nc2cc(Br)cnc2n1CCn1ccnc1. The third-order valence-corrected chi connectivity index (χ3v) is 3.16. The minimum Gasteiger partial charge on any atom is -0.369 e. The number of hydrogen-bond acceptors (Lipinski definition) is 4. The molecule has 0 fully saturated rings. The molecule has 0 aromatic carbocycles. The van der Waals surface area contributed by atoms with E-state index in [0.29, 0.717) is 12.5 Å². The average molecular weight is 307 g/mol. The second-order valence-corrected chi connectivity index (χ2v) is 4.83. The van der Waals surface area contributed by atoms with Gasteiger partial charge in [0.25, 0.3) is 0 Å². The third-order valence-electron chi connectivity index (χ3n) is 2.72. The summed E-state index contributed by atoms with van der Waals surface area (Å²) in [5.74, 6) is 0.482. The average Bonchev–Trinajstić information content (AvgIpc) is 2.93. The van der Waals surface area contributed by atoms with Gasteiger partial charge in [0, 0.05) is 36.2 Å². The van der Waals surface area contributed by atoms with Crippen molar-refractivity contribution in [3.8, 4) is 0 Å². The smallest absolute Gasteiger partial charge is 0.202 e. The normalized spacial score (nSPS) is 11.2. The van der Waals surface area contributed by atoms with Crippen LogP contribution >= 0.6 is 15.9 Å². The van der Waals surface area contributed by atoms with Crippen LogP contribution in [0.4, 0.5) is 5.95 Å². The Hall–Kier alpha value is -1.89. The van der Waals surface area contributed by atoms with Gasteiger partial charge in [-0.25, -0.2) is 15.0 Å². The first kappa shape index (κ1) is 11.2. The third kappa shape index (κ3) is 1.97. The number of nitrogen functional groups attached to an aromatic ring is 1. The van der Waals surface area contributed by atoms with Gasteiger partial charge in [-0.3, -0.25) is 4.57 Å². The molecule has 0 atom stereocenters. The summed E-state index contributed by atoms with van der Waals surface area (Å²) in [4.78, 5) is 12.7. The Labute approximate surface area is 112 Å². The zero-order valence-corrected chi connectivity index (χ0v) is 11.1. The van der Waals surface area contributed by atoms with E-state index in [9.17, 15) is 0 Å². The monoisotopic (exact) mass is 306 g/mol. The van der Waals surface area contributed by atoms with Crippen LogP contribution < -0.4 is 5.73 Å².